The molecule has 3 aliphatic carbocycles. The number of aromatic nitrogens is 5. The summed E-state index contributed by atoms with van der Waals surface area (Å²) in [5.74, 6) is -6.32. The smallest absolute Gasteiger partial charge is 0.276 e. The third-order valence-corrected chi connectivity index (χ3v) is 8.45. The molecule has 0 saturated heterocycles. The Morgan fingerprint density at radius 1 is 0.976 bits per heavy atom. The van der Waals surface area contributed by atoms with Crippen molar-refractivity contribution in [3.8, 4) is 0 Å². The van der Waals surface area contributed by atoms with Gasteiger partial charge in [-0.1, -0.05) is 5.16 Å². The molecule has 220 valence electrons. The molecule has 3 heterocycles. The van der Waals surface area contributed by atoms with Gasteiger partial charge in [0.1, 0.15) is 5.69 Å². The van der Waals surface area contributed by atoms with Crippen LogP contribution in [0.5, 0.6) is 0 Å². The molecule has 0 radical (unpaired) electrons. The van der Waals surface area contributed by atoms with Crippen molar-refractivity contribution in [3.63, 3.8) is 0 Å². The molecule has 2 amide bonds. The second-order valence-corrected chi connectivity index (χ2v) is 11.8. The van der Waals surface area contributed by atoms with Crippen LogP contribution in [0.1, 0.15) is 97.4 Å². The van der Waals surface area contributed by atoms with Gasteiger partial charge in [0, 0.05) is 44.5 Å². The monoisotopic (exact) mass is 577 g/mol. The van der Waals surface area contributed by atoms with Crippen LogP contribution in [-0.2, 0) is 4.79 Å². The molecule has 3 fully saturated rings. The molecule has 0 spiro atoms. The summed E-state index contributed by atoms with van der Waals surface area (Å²) in [5.41, 5.74) is 1.38. The van der Waals surface area contributed by atoms with Crippen LogP contribution in [0.4, 0.5) is 17.6 Å². The molecule has 0 bridgehead atoms. The van der Waals surface area contributed by atoms with Crippen LogP contribution in [-0.4, -0.2) is 48.3 Å². The predicted molar refractivity (Wildman–Crippen MR) is 135 cm³/mol. The number of nitrogens with one attached hydrogen (secondary N) is 2. The highest BCUT2D eigenvalue weighted by Gasteiger charge is 2.46. The van der Waals surface area contributed by atoms with Gasteiger partial charge in [-0.15, -0.1) is 0 Å². The summed E-state index contributed by atoms with van der Waals surface area (Å²) in [4.78, 5) is 35.0. The first-order valence-electron chi connectivity index (χ1n) is 14.0. The molecule has 0 aliphatic heterocycles. The summed E-state index contributed by atoms with van der Waals surface area (Å²) in [7, 11) is 0. The SMILES string of the molecule is Cc1nonc1C(=O)NC(c1cn2ccc(C(NC(=O)CC3CC(F)(F)C3)C3CC3)nc2n1)C1CCC(F)(F)CC1. The van der Waals surface area contributed by atoms with Crippen LogP contribution in [0.2, 0.25) is 0 Å². The zero-order chi connectivity index (χ0) is 28.9. The van der Waals surface area contributed by atoms with Crippen LogP contribution in [0.3, 0.4) is 0 Å². The average molecular weight is 578 g/mol. The fourth-order valence-electron chi connectivity index (χ4n) is 5.99. The van der Waals surface area contributed by atoms with Crippen molar-refractivity contribution in [1.29, 1.82) is 0 Å². The van der Waals surface area contributed by atoms with Crippen LogP contribution in [0.25, 0.3) is 5.78 Å². The zero-order valence-corrected chi connectivity index (χ0v) is 22.5. The molecular formula is C27H31F4N7O3. The third-order valence-electron chi connectivity index (χ3n) is 8.45. The molecule has 3 aromatic heterocycles. The fraction of sp³-hybridized carbons (Fsp3) is 0.630. The van der Waals surface area contributed by atoms with E-state index >= 15 is 0 Å². The minimum atomic E-state index is -2.74. The maximum absolute atomic E-state index is 13.9. The number of nitrogens with zero attached hydrogens (tertiary/aromatic N) is 5. The Bertz CT molecular complexity index is 1440. The molecule has 41 heavy (non-hydrogen) atoms. The van der Waals surface area contributed by atoms with Crippen molar-refractivity contribution in [2.45, 2.75) is 88.6 Å². The van der Waals surface area contributed by atoms with Gasteiger partial charge in [0.2, 0.25) is 23.5 Å². The second-order valence-electron chi connectivity index (χ2n) is 11.8. The molecule has 3 aliphatic rings. The minimum absolute atomic E-state index is 0.00829. The van der Waals surface area contributed by atoms with E-state index in [9.17, 15) is 27.2 Å². The van der Waals surface area contributed by atoms with E-state index in [2.05, 4.69) is 35.5 Å². The van der Waals surface area contributed by atoms with Gasteiger partial charge < -0.3 is 10.6 Å². The summed E-state index contributed by atoms with van der Waals surface area (Å²) in [5, 5.41) is 13.2. The Balaban J connectivity index is 1.23. The molecular weight excluding hydrogens is 546 g/mol. The van der Waals surface area contributed by atoms with E-state index in [0.717, 1.165) is 12.8 Å². The molecule has 0 aromatic carbocycles. The lowest BCUT2D eigenvalue weighted by Gasteiger charge is -2.34. The van der Waals surface area contributed by atoms with Gasteiger partial charge >= 0.3 is 0 Å². The predicted octanol–water partition coefficient (Wildman–Crippen LogP) is 4.72. The van der Waals surface area contributed by atoms with Gasteiger partial charge in [-0.25, -0.2) is 32.2 Å². The van der Waals surface area contributed by atoms with Crippen molar-refractivity contribution >= 4 is 17.6 Å². The molecule has 6 rings (SSSR count). The molecule has 3 aromatic rings. The Labute approximate surface area is 232 Å². The van der Waals surface area contributed by atoms with Crippen molar-refractivity contribution in [1.82, 2.24) is 35.3 Å². The minimum Gasteiger partial charge on any atom is -0.347 e. The van der Waals surface area contributed by atoms with Crippen LogP contribution < -0.4 is 10.6 Å². The number of alkyl halides is 4. The molecule has 3 saturated carbocycles. The second kappa shape index (κ2) is 10.4. The summed E-state index contributed by atoms with van der Waals surface area (Å²) < 4.78 is 60.6. The Morgan fingerprint density at radius 2 is 1.63 bits per heavy atom. The summed E-state index contributed by atoms with van der Waals surface area (Å²) >= 11 is 0. The fourth-order valence-corrected chi connectivity index (χ4v) is 5.99. The number of carbonyl (C=O) groups is 2. The summed E-state index contributed by atoms with van der Waals surface area (Å²) in [6.45, 7) is 1.58. The van der Waals surface area contributed by atoms with Gasteiger partial charge in [-0.3, -0.25) is 14.0 Å². The van der Waals surface area contributed by atoms with Crippen LogP contribution >= 0.6 is 0 Å². The van der Waals surface area contributed by atoms with Gasteiger partial charge in [-0.05, 0) is 61.6 Å². The lowest BCUT2D eigenvalue weighted by atomic mass is 9.79. The van der Waals surface area contributed by atoms with Crippen LogP contribution in [0, 0.1) is 24.7 Å². The lowest BCUT2D eigenvalue weighted by Crippen LogP contribution is -2.39. The van der Waals surface area contributed by atoms with Crippen molar-refractivity contribution < 1.29 is 31.8 Å². The number of carbonyl (C=O) groups excluding carboxylic acids is 2. The number of aryl methyl sites for hydroxylation is 1. The van der Waals surface area contributed by atoms with E-state index in [1.165, 1.54) is 0 Å². The van der Waals surface area contributed by atoms with E-state index in [-0.39, 0.29) is 80.3 Å². The molecule has 2 N–H and O–H groups in total. The maximum Gasteiger partial charge on any atom is 0.276 e. The van der Waals surface area contributed by atoms with E-state index in [4.69, 9.17) is 0 Å². The van der Waals surface area contributed by atoms with Crippen molar-refractivity contribution in [2.75, 3.05) is 0 Å². The van der Waals surface area contributed by atoms with Gasteiger partial charge in [0.15, 0.2) is 5.69 Å². The van der Waals surface area contributed by atoms with Gasteiger partial charge in [0.25, 0.3) is 5.91 Å². The third kappa shape index (κ3) is 6.05. The quantitative estimate of drug-likeness (QED) is 0.352. The number of imidazole rings is 1. The van der Waals surface area contributed by atoms with E-state index in [1.54, 1.807) is 29.8 Å². The normalized spacial score (nSPS) is 22.2. The Kier molecular flexibility index (Phi) is 6.97. The van der Waals surface area contributed by atoms with E-state index in [1.807, 2.05) is 0 Å². The molecule has 2 unspecified atom stereocenters. The first kappa shape index (κ1) is 27.6. The van der Waals surface area contributed by atoms with Gasteiger partial charge in [-0.2, -0.15) is 0 Å². The number of fused-ring (bicyclic) bond motifs is 1. The first-order chi connectivity index (χ1) is 19.5. The Morgan fingerprint density at radius 3 is 2.27 bits per heavy atom. The summed E-state index contributed by atoms with van der Waals surface area (Å²) in [6.07, 6.45) is 4.63. The number of amides is 2. The van der Waals surface area contributed by atoms with Crippen molar-refractivity contribution in [3.05, 3.63) is 41.2 Å². The number of halogens is 4. The standard InChI is InChI=1S/C27H31F4N7O3/c1-14-21(37-41-36-14)24(40)35-23(17-4-7-26(28,29)8-5-17)19-13-38-9-6-18(32-25(38)33-19)22(16-2-3-16)34-20(39)10-15-11-27(30,31)12-15/h6,9,13,15-17,22-23H,2-5,7-8,10-12H2,1H3,(H,34,39)(H,35,40). The molecule has 10 nitrogen and oxygen atoms in total. The van der Waals surface area contributed by atoms with Crippen LogP contribution in [0.15, 0.2) is 23.1 Å². The topological polar surface area (TPSA) is 127 Å². The van der Waals surface area contributed by atoms with E-state index < -0.39 is 23.8 Å². The highest BCUT2D eigenvalue weighted by Crippen LogP contribution is 2.45. The Hall–Kier alpha value is -3.58. The number of rotatable bonds is 9. The lowest BCUT2D eigenvalue weighted by molar-refractivity contribution is -0.134. The summed E-state index contributed by atoms with van der Waals surface area (Å²) in [6, 6.07) is 0.727. The highest BCUT2D eigenvalue weighted by molar-refractivity contribution is 5.93. The largest absolute Gasteiger partial charge is 0.347 e. The first-order valence-corrected chi connectivity index (χ1v) is 14.0. The molecule has 2 atom stereocenters. The van der Waals surface area contributed by atoms with E-state index in [0.29, 0.717) is 22.9 Å². The zero-order valence-electron chi connectivity index (χ0n) is 22.5. The average Bonchev–Trinajstić information content (AvgIpc) is 3.50. The molecule has 14 heteroatoms. The number of hydrogen-bond donors (Lipinski definition) is 2. The van der Waals surface area contributed by atoms with Crippen molar-refractivity contribution in [2.24, 2.45) is 17.8 Å². The number of hydrogen-bond acceptors (Lipinski definition) is 7. The highest BCUT2D eigenvalue weighted by atomic mass is 19.3. The van der Waals surface area contributed by atoms with Gasteiger partial charge in [0.05, 0.1) is 23.5 Å². The maximum atomic E-state index is 13.9.